The van der Waals surface area contributed by atoms with Crippen LogP contribution in [0.1, 0.15) is 41.7 Å². The Morgan fingerprint density at radius 2 is 1.66 bits per heavy atom. The molecule has 0 spiro atoms. The third-order valence-electron chi connectivity index (χ3n) is 6.28. The van der Waals surface area contributed by atoms with Crippen molar-refractivity contribution in [3.63, 3.8) is 0 Å². The summed E-state index contributed by atoms with van der Waals surface area (Å²) >= 11 is 1.90. The average molecular weight is 442 g/mol. The van der Waals surface area contributed by atoms with Crippen LogP contribution in [0.15, 0.2) is 83.8 Å². The van der Waals surface area contributed by atoms with Crippen molar-refractivity contribution < 1.29 is 9.13 Å². The molecule has 1 unspecified atom stereocenters. The first kappa shape index (κ1) is 20.0. The van der Waals surface area contributed by atoms with E-state index in [1.807, 2.05) is 30.0 Å². The van der Waals surface area contributed by atoms with Gasteiger partial charge in [-0.15, -0.1) is 11.8 Å². The number of hydrogen-bond acceptors (Lipinski definition) is 3. The Balaban J connectivity index is 1.59. The molecule has 0 bridgehead atoms. The summed E-state index contributed by atoms with van der Waals surface area (Å²) in [7, 11) is 0. The molecule has 1 saturated heterocycles. The molecule has 1 aromatic heterocycles. The van der Waals surface area contributed by atoms with Crippen LogP contribution in [0.2, 0.25) is 0 Å². The Bertz CT molecular complexity index is 1250. The van der Waals surface area contributed by atoms with Crippen LogP contribution in [0.3, 0.4) is 0 Å². The summed E-state index contributed by atoms with van der Waals surface area (Å²) in [6.45, 7) is 0.831. The highest BCUT2D eigenvalue weighted by molar-refractivity contribution is 7.99. The van der Waals surface area contributed by atoms with Crippen LogP contribution in [0.5, 0.6) is 0 Å². The lowest BCUT2D eigenvalue weighted by molar-refractivity contribution is 0.395. The number of para-hydroxylation sites is 1. The number of halogens is 1. The normalized spacial score (nSPS) is 18.6. The quantitative estimate of drug-likeness (QED) is 0.219. The predicted molar refractivity (Wildman–Crippen MR) is 129 cm³/mol. The van der Waals surface area contributed by atoms with E-state index in [1.165, 1.54) is 34.6 Å². The maximum atomic E-state index is 13.8. The summed E-state index contributed by atoms with van der Waals surface area (Å²) in [6.07, 6.45) is 3.62. The van der Waals surface area contributed by atoms with Gasteiger partial charge in [0.15, 0.2) is 0 Å². The monoisotopic (exact) mass is 441 g/mol. The Morgan fingerprint density at radius 3 is 2.38 bits per heavy atom. The standard InChI is InChI=1S/C28H24FNOS/c29-20-14-12-18(13-15-20)26-23-8-4-5-9-24(23)30-28(19-10-11-19)27(26)25(16-21-17-31-21)32-22-6-2-1-3-7-22/h1-9,12-15,19,21,25H,10-11,16-17H2/t21-,25?/m1/s1. The van der Waals surface area contributed by atoms with Crippen molar-refractivity contribution in [2.45, 2.75) is 41.4 Å². The van der Waals surface area contributed by atoms with Crippen LogP contribution in [0.25, 0.3) is 22.0 Å². The molecule has 3 aromatic carbocycles. The summed E-state index contributed by atoms with van der Waals surface area (Å²) in [5.41, 5.74) is 5.80. The molecule has 0 amide bonds. The lowest BCUT2D eigenvalue weighted by Crippen LogP contribution is -2.08. The van der Waals surface area contributed by atoms with Crippen molar-refractivity contribution in [3.8, 4) is 11.1 Å². The van der Waals surface area contributed by atoms with E-state index in [0.29, 0.717) is 12.0 Å². The van der Waals surface area contributed by atoms with Gasteiger partial charge in [0.2, 0.25) is 0 Å². The fraction of sp³-hybridized carbons (Fsp3) is 0.250. The van der Waals surface area contributed by atoms with Crippen LogP contribution in [-0.4, -0.2) is 17.7 Å². The molecule has 32 heavy (non-hydrogen) atoms. The van der Waals surface area contributed by atoms with Gasteiger partial charge in [0, 0.05) is 27.1 Å². The third kappa shape index (κ3) is 4.05. The number of nitrogens with zero attached hydrogens (tertiary/aromatic N) is 1. The molecule has 2 fully saturated rings. The topological polar surface area (TPSA) is 25.4 Å². The molecule has 1 aliphatic carbocycles. The number of thioether (sulfide) groups is 1. The number of hydrogen-bond donors (Lipinski definition) is 0. The minimum absolute atomic E-state index is 0.210. The van der Waals surface area contributed by atoms with Gasteiger partial charge in [-0.25, -0.2) is 4.39 Å². The number of ether oxygens (including phenoxy) is 1. The van der Waals surface area contributed by atoms with Crippen LogP contribution >= 0.6 is 11.8 Å². The van der Waals surface area contributed by atoms with E-state index in [9.17, 15) is 4.39 Å². The van der Waals surface area contributed by atoms with Crippen molar-refractivity contribution in [2.24, 2.45) is 0 Å². The molecule has 2 nitrogen and oxygen atoms in total. The van der Waals surface area contributed by atoms with Gasteiger partial charge in [-0.05, 0) is 66.3 Å². The fourth-order valence-electron chi connectivity index (χ4n) is 4.50. The van der Waals surface area contributed by atoms with E-state index in [-0.39, 0.29) is 11.1 Å². The maximum absolute atomic E-state index is 13.8. The van der Waals surface area contributed by atoms with E-state index in [0.717, 1.165) is 29.5 Å². The predicted octanol–water partition coefficient (Wildman–Crippen LogP) is 7.54. The Hall–Kier alpha value is -2.69. The Labute approximate surface area is 191 Å². The molecule has 0 N–H and O–H groups in total. The first-order valence-corrected chi connectivity index (χ1v) is 12.2. The molecule has 0 radical (unpaired) electrons. The second kappa shape index (κ2) is 8.34. The zero-order chi connectivity index (χ0) is 21.5. The van der Waals surface area contributed by atoms with Gasteiger partial charge in [0.25, 0.3) is 0 Å². The van der Waals surface area contributed by atoms with E-state index in [2.05, 4.69) is 48.5 Å². The van der Waals surface area contributed by atoms with E-state index in [4.69, 9.17) is 9.72 Å². The highest BCUT2D eigenvalue weighted by atomic mass is 32.2. The lowest BCUT2D eigenvalue weighted by Gasteiger charge is -2.25. The molecule has 4 heteroatoms. The number of aromatic nitrogens is 1. The van der Waals surface area contributed by atoms with E-state index < -0.39 is 0 Å². The fourth-order valence-corrected chi connectivity index (χ4v) is 5.81. The zero-order valence-corrected chi connectivity index (χ0v) is 18.5. The van der Waals surface area contributed by atoms with Gasteiger partial charge >= 0.3 is 0 Å². The Morgan fingerprint density at radius 1 is 0.938 bits per heavy atom. The first-order valence-electron chi connectivity index (χ1n) is 11.3. The van der Waals surface area contributed by atoms with Crippen LogP contribution in [-0.2, 0) is 4.74 Å². The average Bonchev–Trinajstić information content (AvgIpc) is 3.74. The number of rotatable bonds is 7. The molecular formula is C28H24FNOS. The van der Waals surface area contributed by atoms with Crippen LogP contribution in [0.4, 0.5) is 4.39 Å². The smallest absolute Gasteiger partial charge is 0.123 e. The summed E-state index contributed by atoms with van der Waals surface area (Å²) in [6, 6.07) is 25.9. The molecule has 4 aromatic rings. The summed E-state index contributed by atoms with van der Waals surface area (Å²) in [5, 5.41) is 1.35. The highest BCUT2D eigenvalue weighted by Crippen LogP contribution is 2.52. The largest absolute Gasteiger partial charge is 0.373 e. The van der Waals surface area contributed by atoms with Gasteiger partial charge < -0.3 is 4.74 Å². The molecule has 6 rings (SSSR count). The van der Waals surface area contributed by atoms with Crippen LogP contribution < -0.4 is 0 Å². The molecule has 2 atom stereocenters. The zero-order valence-electron chi connectivity index (χ0n) is 17.7. The van der Waals surface area contributed by atoms with Crippen molar-refractivity contribution in [3.05, 3.63) is 95.9 Å². The maximum Gasteiger partial charge on any atom is 0.123 e. The van der Waals surface area contributed by atoms with Crippen molar-refractivity contribution in [1.82, 2.24) is 4.98 Å². The van der Waals surface area contributed by atoms with E-state index >= 15 is 0 Å². The molecule has 2 heterocycles. The van der Waals surface area contributed by atoms with E-state index in [1.54, 1.807) is 12.1 Å². The number of fused-ring (bicyclic) bond motifs is 1. The summed E-state index contributed by atoms with van der Waals surface area (Å²) < 4.78 is 19.5. The third-order valence-corrected chi connectivity index (χ3v) is 7.54. The second-order valence-electron chi connectivity index (χ2n) is 8.69. The number of benzene rings is 3. The van der Waals surface area contributed by atoms with Gasteiger partial charge in [-0.2, -0.15) is 0 Å². The van der Waals surface area contributed by atoms with Crippen molar-refractivity contribution in [2.75, 3.05) is 6.61 Å². The van der Waals surface area contributed by atoms with Crippen molar-refractivity contribution >= 4 is 22.7 Å². The first-order chi connectivity index (χ1) is 15.8. The van der Waals surface area contributed by atoms with Crippen LogP contribution in [0, 0.1) is 5.82 Å². The summed E-state index contributed by atoms with van der Waals surface area (Å²) in [4.78, 5) is 6.45. The highest BCUT2D eigenvalue weighted by Gasteiger charge is 2.36. The lowest BCUT2D eigenvalue weighted by atomic mass is 9.89. The Kier molecular flexibility index (Phi) is 5.20. The molecule has 1 aliphatic heterocycles. The number of epoxide rings is 1. The van der Waals surface area contributed by atoms with Crippen molar-refractivity contribution in [1.29, 1.82) is 0 Å². The SMILES string of the molecule is Fc1ccc(-c2c(C(C[C@@H]3CO3)Sc3ccccc3)c(C3CC3)nc3ccccc23)cc1. The molecule has 2 aliphatic rings. The molecular weight excluding hydrogens is 417 g/mol. The minimum Gasteiger partial charge on any atom is -0.373 e. The van der Waals surface area contributed by atoms with Gasteiger partial charge in [-0.3, -0.25) is 4.98 Å². The van der Waals surface area contributed by atoms with Gasteiger partial charge in [-0.1, -0.05) is 48.5 Å². The molecule has 160 valence electrons. The minimum atomic E-state index is -0.210. The summed E-state index contributed by atoms with van der Waals surface area (Å²) in [5.74, 6) is 0.297. The van der Waals surface area contributed by atoms with Gasteiger partial charge in [0.1, 0.15) is 5.82 Å². The molecule has 1 saturated carbocycles. The second-order valence-corrected chi connectivity index (χ2v) is 9.97. The number of pyridine rings is 1. The van der Waals surface area contributed by atoms with Gasteiger partial charge in [0.05, 0.1) is 18.2 Å².